The van der Waals surface area contributed by atoms with Crippen LogP contribution < -0.4 is 14.2 Å². The number of ether oxygens (including phenoxy) is 3. The first-order valence-electron chi connectivity index (χ1n) is 6.83. The van der Waals surface area contributed by atoms with E-state index in [2.05, 4.69) is 0 Å². The number of hydrogen-bond acceptors (Lipinski definition) is 4. The third-order valence-corrected chi connectivity index (χ3v) is 3.69. The molecule has 1 N–H and O–H groups in total. The standard InChI is InChI=1S/C17H14O4/c18-17-13-9-16-15(19-10-20-16)8-11(13)6-7-14(17)21-12-4-2-1-3-5-12/h1-9,14,17-18H,10H2/t14-,17+/m0/s1. The van der Waals surface area contributed by atoms with Gasteiger partial charge in [-0.1, -0.05) is 24.3 Å². The van der Waals surface area contributed by atoms with Crippen molar-refractivity contribution >= 4 is 6.08 Å². The fourth-order valence-corrected chi connectivity index (χ4v) is 2.61. The average molecular weight is 282 g/mol. The minimum atomic E-state index is -0.736. The number of benzene rings is 2. The van der Waals surface area contributed by atoms with Crippen molar-refractivity contribution in [2.75, 3.05) is 6.79 Å². The second-order valence-corrected chi connectivity index (χ2v) is 5.03. The van der Waals surface area contributed by atoms with E-state index in [0.29, 0.717) is 11.5 Å². The molecule has 4 nitrogen and oxygen atoms in total. The van der Waals surface area contributed by atoms with Gasteiger partial charge in [0.1, 0.15) is 18.0 Å². The number of para-hydroxylation sites is 1. The molecule has 0 amide bonds. The van der Waals surface area contributed by atoms with Crippen molar-refractivity contribution in [3.05, 3.63) is 59.7 Å². The third-order valence-electron chi connectivity index (χ3n) is 3.69. The summed E-state index contributed by atoms with van der Waals surface area (Å²) in [6.45, 7) is 0.224. The Kier molecular flexibility index (Phi) is 2.82. The fraction of sp³-hybridized carbons (Fsp3) is 0.176. The Hall–Kier alpha value is -2.46. The number of hydrogen-bond donors (Lipinski definition) is 1. The van der Waals surface area contributed by atoms with Crippen molar-refractivity contribution in [1.29, 1.82) is 0 Å². The lowest BCUT2D eigenvalue weighted by Gasteiger charge is -2.26. The first kappa shape index (κ1) is 12.3. The summed E-state index contributed by atoms with van der Waals surface area (Å²) in [6, 6.07) is 13.2. The lowest BCUT2D eigenvalue weighted by molar-refractivity contribution is 0.0622. The quantitative estimate of drug-likeness (QED) is 0.920. The molecule has 0 unspecified atom stereocenters. The Morgan fingerprint density at radius 1 is 1.05 bits per heavy atom. The van der Waals surface area contributed by atoms with E-state index in [-0.39, 0.29) is 6.79 Å². The lowest BCUT2D eigenvalue weighted by atomic mass is 9.92. The van der Waals surface area contributed by atoms with Gasteiger partial charge in [0.25, 0.3) is 0 Å². The number of rotatable bonds is 2. The van der Waals surface area contributed by atoms with Crippen LogP contribution in [0.4, 0.5) is 0 Å². The van der Waals surface area contributed by atoms with Gasteiger partial charge < -0.3 is 19.3 Å². The van der Waals surface area contributed by atoms with Crippen LogP contribution in [0.15, 0.2) is 48.5 Å². The van der Waals surface area contributed by atoms with E-state index < -0.39 is 12.2 Å². The normalized spacial score (nSPS) is 22.0. The van der Waals surface area contributed by atoms with Crippen LogP contribution in [-0.2, 0) is 0 Å². The van der Waals surface area contributed by atoms with Gasteiger partial charge in [0.2, 0.25) is 6.79 Å². The van der Waals surface area contributed by atoms with E-state index in [1.54, 1.807) is 0 Å². The molecule has 1 heterocycles. The molecule has 1 aliphatic heterocycles. The highest BCUT2D eigenvalue weighted by molar-refractivity contribution is 5.64. The molecule has 21 heavy (non-hydrogen) atoms. The van der Waals surface area contributed by atoms with E-state index >= 15 is 0 Å². The van der Waals surface area contributed by atoms with Crippen LogP contribution in [0, 0.1) is 0 Å². The highest BCUT2D eigenvalue weighted by Gasteiger charge is 2.28. The van der Waals surface area contributed by atoms with Crippen LogP contribution in [0.2, 0.25) is 0 Å². The van der Waals surface area contributed by atoms with Gasteiger partial charge in [-0.25, -0.2) is 0 Å². The summed E-state index contributed by atoms with van der Waals surface area (Å²) >= 11 is 0. The first-order valence-corrected chi connectivity index (χ1v) is 6.83. The highest BCUT2D eigenvalue weighted by atomic mass is 16.7. The van der Waals surface area contributed by atoms with E-state index in [4.69, 9.17) is 14.2 Å². The average Bonchev–Trinajstić information content (AvgIpc) is 2.97. The van der Waals surface area contributed by atoms with E-state index in [9.17, 15) is 5.11 Å². The van der Waals surface area contributed by atoms with Crippen molar-refractivity contribution in [1.82, 2.24) is 0 Å². The van der Waals surface area contributed by atoms with Crippen LogP contribution in [0.1, 0.15) is 17.2 Å². The van der Waals surface area contributed by atoms with E-state index in [1.807, 2.05) is 54.6 Å². The Labute approximate surface area is 122 Å². The minimum absolute atomic E-state index is 0.224. The zero-order valence-corrected chi connectivity index (χ0v) is 11.2. The molecule has 1 aliphatic carbocycles. The van der Waals surface area contributed by atoms with Crippen LogP contribution in [0.3, 0.4) is 0 Å². The minimum Gasteiger partial charge on any atom is -0.483 e. The molecule has 0 fully saturated rings. The molecule has 2 aromatic rings. The molecule has 4 heteroatoms. The Morgan fingerprint density at radius 2 is 1.81 bits per heavy atom. The Bertz CT molecular complexity index is 693. The molecule has 0 bridgehead atoms. The molecule has 4 rings (SSSR count). The van der Waals surface area contributed by atoms with Crippen molar-refractivity contribution in [3.8, 4) is 17.2 Å². The third kappa shape index (κ3) is 2.14. The summed E-state index contributed by atoms with van der Waals surface area (Å²) in [5.41, 5.74) is 1.72. The van der Waals surface area contributed by atoms with E-state index in [1.165, 1.54) is 0 Å². The number of aliphatic hydroxyl groups is 1. The van der Waals surface area contributed by atoms with Gasteiger partial charge in [0, 0.05) is 0 Å². The van der Waals surface area contributed by atoms with Gasteiger partial charge in [0.05, 0.1) is 0 Å². The molecular formula is C17H14O4. The summed E-state index contributed by atoms with van der Waals surface area (Å²) in [4.78, 5) is 0. The van der Waals surface area contributed by atoms with Crippen LogP contribution >= 0.6 is 0 Å². The van der Waals surface area contributed by atoms with Gasteiger partial charge in [-0.15, -0.1) is 0 Å². The number of fused-ring (bicyclic) bond motifs is 2. The predicted octanol–water partition coefficient (Wildman–Crippen LogP) is 2.92. The fourth-order valence-electron chi connectivity index (χ4n) is 2.61. The van der Waals surface area contributed by atoms with Gasteiger partial charge in [-0.05, 0) is 41.5 Å². The molecule has 106 valence electrons. The van der Waals surface area contributed by atoms with Gasteiger partial charge in [0.15, 0.2) is 11.5 Å². The maximum atomic E-state index is 10.5. The molecule has 0 saturated heterocycles. The number of aliphatic hydroxyl groups excluding tert-OH is 1. The molecule has 2 aliphatic rings. The summed E-state index contributed by atoms with van der Waals surface area (Å²) in [5.74, 6) is 2.12. The molecule has 2 atom stereocenters. The van der Waals surface area contributed by atoms with Crippen LogP contribution in [-0.4, -0.2) is 18.0 Å². The zero-order valence-electron chi connectivity index (χ0n) is 11.2. The van der Waals surface area contributed by atoms with E-state index in [0.717, 1.165) is 16.9 Å². The SMILES string of the molecule is O[C@@H]1c2cc3c(cc2C=C[C@@H]1Oc1ccccc1)OCO3. The zero-order chi connectivity index (χ0) is 14.2. The molecule has 0 spiro atoms. The summed E-state index contributed by atoms with van der Waals surface area (Å²) in [7, 11) is 0. The Balaban J connectivity index is 1.64. The lowest BCUT2D eigenvalue weighted by Crippen LogP contribution is -2.26. The maximum Gasteiger partial charge on any atom is 0.231 e. The second-order valence-electron chi connectivity index (χ2n) is 5.03. The first-order chi connectivity index (χ1) is 10.3. The largest absolute Gasteiger partial charge is 0.483 e. The van der Waals surface area contributed by atoms with Crippen LogP contribution in [0.25, 0.3) is 6.08 Å². The molecular weight excluding hydrogens is 268 g/mol. The summed E-state index contributed by atoms with van der Waals surface area (Å²) in [6.07, 6.45) is 2.65. The maximum absolute atomic E-state index is 10.5. The van der Waals surface area contributed by atoms with Crippen LogP contribution in [0.5, 0.6) is 17.2 Å². The highest BCUT2D eigenvalue weighted by Crippen LogP contribution is 2.40. The van der Waals surface area contributed by atoms with Crippen molar-refractivity contribution < 1.29 is 19.3 Å². The smallest absolute Gasteiger partial charge is 0.231 e. The van der Waals surface area contributed by atoms with Gasteiger partial charge >= 0.3 is 0 Å². The van der Waals surface area contributed by atoms with Crippen molar-refractivity contribution in [3.63, 3.8) is 0 Å². The van der Waals surface area contributed by atoms with Crippen molar-refractivity contribution in [2.45, 2.75) is 12.2 Å². The monoisotopic (exact) mass is 282 g/mol. The van der Waals surface area contributed by atoms with Gasteiger partial charge in [-0.2, -0.15) is 0 Å². The summed E-state index contributed by atoms with van der Waals surface area (Å²) in [5, 5.41) is 10.5. The topological polar surface area (TPSA) is 47.9 Å². The predicted molar refractivity (Wildman–Crippen MR) is 77.4 cm³/mol. The Morgan fingerprint density at radius 3 is 2.62 bits per heavy atom. The van der Waals surface area contributed by atoms with Gasteiger partial charge in [-0.3, -0.25) is 0 Å². The van der Waals surface area contributed by atoms with Crippen molar-refractivity contribution in [2.24, 2.45) is 0 Å². The summed E-state index contributed by atoms with van der Waals surface area (Å²) < 4.78 is 16.6. The molecule has 2 aromatic carbocycles. The molecule has 0 saturated carbocycles. The molecule has 0 radical (unpaired) electrons. The molecule has 0 aromatic heterocycles. The second kappa shape index (κ2) is 4.82.